The highest BCUT2D eigenvalue weighted by Crippen LogP contribution is 2.22. The highest BCUT2D eigenvalue weighted by molar-refractivity contribution is 5.98. The summed E-state index contributed by atoms with van der Waals surface area (Å²) < 4.78 is 5.97. The summed E-state index contributed by atoms with van der Waals surface area (Å²) in [5.74, 6) is 0.295. The number of amides is 1. The number of anilines is 1. The largest absolute Gasteiger partial charge is 0.436 e. The van der Waals surface area contributed by atoms with E-state index < -0.39 is 0 Å². The Morgan fingerprint density at radius 3 is 2.97 bits per heavy atom. The van der Waals surface area contributed by atoms with Gasteiger partial charge in [0.1, 0.15) is 5.35 Å². The van der Waals surface area contributed by atoms with Crippen LogP contribution in [0.2, 0.25) is 0 Å². The Morgan fingerprint density at radius 1 is 1.21 bits per heavy atom. The minimum Gasteiger partial charge on any atom is -0.436 e. The van der Waals surface area contributed by atoms with Gasteiger partial charge < -0.3 is 14.6 Å². The maximum absolute atomic E-state index is 12.9. The Hall–Kier alpha value is -3.67. The molecule has 0 radical (unpaired) electrons. The Morgan fingerprint density at radius 2 is 2.10 bits per heavy atom. The van der Waals surface area contributed by atoms with E-state index in [1.54, 1.807) is 12.3 Å². The number of fused-ring (bicyclic) bond motifs is 1. The van der Waals surface area contributed by atoms with Crippen molar-refractivity contribution >= 4 is 35.5 Å². The normalized spacial score (nSPS) is 15.1. The zero-order valence-corrected chi connectivity index (χ0v) is 16.4. The van der Waals surface area contributed by atoms with Crippen molar-refractivity contribution in [2.75, 3.05) is 25.5 Å². The van der Waals surface area contributed by atoms with Gasteiger partial charge in [0.05, 0.1) is 17.8 Å². The second-order valence-electron chi connectivity index (χ2n) is 6.91. The summed E-state index contributed by atoms with van der Waals surface area (Å²) in [5, 5.41) is 3.77. The molecule has 146 valence electrons. The predicted molar refractivity (Wildman–Crippen MR) is 116 cm³/mol. The van der Waals surface area contributed by atoms with Gasteiger partial charge in [-0.3, -0.25) is 9.79 Å². The van der Waals surface area contributed by atoms with E-state index in [2.05, 4.69) is 15.3 Å². The molecule has 0 saturated carbocycles. The van der Waals surface area contributed by atoms with E-state index in [-0.39, 0.29) is 5.91 Å². The summed E-state index contributed by atoms with van der Waals surface area (Å²) in [7, 11) is 3.89. The molecule has 0 spiro atoms. The SMILES string of the molecule is CN(C)c1cccc(C(=O)NC2=CCC=CC=C2c2nc3c(o2)=CCN=CC=3)c1. The molecule has 6 heteroatoms. The molecule has 0 unspecified atom stereocenters. The van der Waals surface area contributed by atoms with Gasteiger partial charge in [-0.05, 0) is 42.8 Å². The first-order chi connectivity index (χ1) is 14.1. The Bertz CT molecular complexity index is 1180. The monoisotopic (exact) mass is 386 g/mol. The second-order valence-corrected chi connectivity index (χ2v) is 6.91. The predicted octanol–water partition coefficient (Wildman–Crippen LogP) is 2.04. The molecule has 4 rings (SSSR count). The minimum atomic E-state index is -0.175. The van der Waals surface area contributed by atoms with Crippen LogP contribution in [0.5, 0.6) is 0 Å². The fourth-order valence-electron chi connectivity index (χ4n) is 3.10. The van der Waals surface area contributed by atoms with Crippen LogP contribution in [0.25, 0.3) is 17.7 Å². The molecule has 1 aliphatic heterocycles. The van der Waals surface area contributed by atoms with Gasteiger partial charge in [-0.1, -0.05) is 24.3 Å². The molecule has 2 aliphatic rings. The van der Waals surface area contributed by atoms with Crippen molar-refractivity contribution < 1.29 is 9.21 Å². The summed E-state index contributed by atoms with van der Waals surface area (Å²) in [6.45, 7) is 0.554. The van der Waals surface area contributed by atoms with Crippen molar-refractivity contribution in [2.45, 2.75) is 6.42 Å². The number of hydrogen-bond donors (Lipinski definition) is 1. The highest BCUT2D eigenvalue weighted by Gasteiger charge is 2.18. The molecule has 0 saturated heterocycles. The zero-order chi connectivity index (χ0) is 20.2. The molecule has 6 nitrogen and oxygen atoms in total. The lowest BCUT2D eigenvalue weighted by atomic mass is 10.1. The first kappa shape index (κ1) is 18.7. The van der Waals surface area contributed by atoms with Gasteiger partial charge in [0.15, 0.2) is 5.42 Å². The minimum absolute atomic E-state index is 0.175. The maximum atomic E-state index is 12.9. The van der Waals surface area contributed by atoms with E-state index >= 15 is 0 Å². The van der Waals surface area contributed by atoms with E-state index in [4.69, 9.17) is 4.42 Å². The van der Waals surface area contributed by atoms with Crippen molar-refractivity contribution in [3.63, 3.8) is 0 Å². The van der Waals surface area contributed by atoms with Crippen LogP contribution in [0.15, 0.2) is 63.7 Å². The number of carbonyl (C=O) groups is 1. The molecule has 1 amide bonds. The molecule has 1 aromatic carbocycles. The van der Waals surface area contributed by atoms with Crippen molar-refractivity contribution in [3.8, 4) is 0 Å². The van der Waals surface area contributed by atoms with E-state index in [0.29, 0.717) is 35.5 Å². The molecule has 2 heterocycles. The standard InChI is InChI=1S/C23H22N4O2/c1-27(2)17-8-6-7-16(15-17)22(28)25-19-10-5-3-4-9-18(19)23-26-20-11-13-24-14-12-21(20)29-23/h3-4,6-13,15H,5,14H2,1-2H3,(H,25,28). The second kappa shape index (κ2) is 8.14. The lowest BCUT2D eigenvalue weighted by molar-refractivity contribution is 0.0967. The van der Waals surface area contributed by atoms with Gasteiger partial charge in [0, 0.05) is 31.6 Å². The van der Waals surface area contributed by atoms with Gasteiger partial charge >= 0.3 is 0 Å². The Labute approximate surface area is 169 Å². The van der Waals surface area contributed by atoms with Gasteiger partial charge in [-0.2, -0.15) is 0 Å². The number of rotatable bonds is 4. The molecular formula is C23H22N4O2. The van der Waals surface area contributed by atoms with Crippen LogP contribution in [0.4, 0.5) is 5.69 Å². The van der Waals surface area contributed by atoms with Crippen molar-refractivity contribution in [2.24, 2.45) is 4.99 Å². The quantitative estimate of drug-likeness (QED) is 0.873. The lowest BCUT2D eigenvalue weighted by Gasteiger charge is -2.14. The number of oxazole rings is 1. The van der Waals surface area contributed by atoms with Gasteiger partial charge in [0.2, 0.25) is 5.89 Å². The third-order valence-electron chi connectivity index (χ3n) is 4.65. The fraction of sp³-hybridized carbons (Fsp3) is 0.174. The number of nitrogens with zero attached hydrogens (tertiary/aromatic N) is 3. The molecule has 0 fully saturated rings. The number of nitrogens with one attached hydrogen (secondary N) is 1. The van der Waals surface area contributed by atoms with Crippen LogP contribution in [-0.2, 0) is 0 Å². The van der Waals surface area contributed by atoms with E-state index in [9.17, 15) is 4.79 Å². The van der Waals surface area contributed by atoms with Crippen molar-refractivity contribution in [1.29, 1.82) is 0 Å². The zero-order valence-electron chi connectivity index (χ0n) is 16.4. The van der Waals surface area contributed by atoms with Crippen molar-refractivity contribution in [1.82, 2.24) is 10.3 Å². The summed E-state index contributed by atoms with van der Waals surface area (Å²) in [4.78, 5) is 23.7. The first-order valence-corrected chi connectivity index (χ1v) is 9.45. The molecule has 0 bridgehead atoms. The Balaban J connectivity index is 1.65. The topological polar surface area (TPSA) is 70.7 Å². The smallest absolute Gasteiger partial charge is 0.255 e. The van der Waals surface area contributed by atoms with Crippen molar-refractivity contribution in [3.05, 3.63) is 76.5 Å². The molecule has 2 aromatic rings. The average molecular weight is 386 g/mol. The molecular weight excluding hydrogens is 364 g/mol. The fourth-order valence-corrected chi connectivity index (χ4v) is 3.10. The molecule has 1 N–H and O–H groups in total. The highest BCUT2D eigenvalue weighted by atomic mass is 16.3. The van der Waals surface area contributed by atoms with Crippen LogP contribution in [0.1, 0.15) is 22.7 Å². The number of aliphatic imine (C=N–C) groups is 1. The van der Waals surface area contributed by atoms with E-state index in [0.717, 1.165) is 16.6 Å². The van der Waals surface area contributed by atoms with Crippen LogP contribution >= 0.6 is 0 Å². The number of aromatic nitrogens is 1. The first-order valence-electron chi connectivity index (χ1n) is 9.45. The maximum Gasteiger partial charge on any atom is 0.255 e. The van der Waals surface area contributed by atoms with E-state index in [1.165, 1.54) is 0 Å². The number of hydrogen-bond acceptors (Lipinski definition) is 5. The summed E-state index contributed by atoms with van der Waals surface area (Å²) in [6, 6.07) is 7.51. The summed E-state index contributed by atoms with van der Waals surface area (Å²) in [5.41, 5.74) is 3.67. The molecule has 29 heavy (non-hydrogen) atoms. The van der Waals surface area contributed by atoms with Crippen LogP contribution in [-0.4, -0.2) is 37.7 Å². The Kier molecular flexibility index (Phi) is 5.24. The number of allylic oxidation sites excluding steroid dienone is 5. The van der Waals surface area contributed by atoms with Crippen LogP contribution in [0.3, 0.4) is 0 Å². The molecule has 1 aliphatic carbocycles. The van der Waals surface area contributed by atoms with E-state index in [1.807, 2.05) is 73.7 Å². The van der Waals surface area contributed by atoms with Crippen LogP contribution in [0, 0.1) is 0 Å². The third-order valence-corrected chi connectivity index (χ3v) is 4.65. The summed E-state index contributed by atoms with van der Waals surface area (Å²) >= 11 is 0. The number of benzene rings is 1. The molecule has 0 atom stereocenters. The average Bonchev–Trinajstić information content (AvgIpc) is 2.87. The van der Waals surface area contributed by atoms with Gasteiger partial charge in [0.25, 0.3) is 5.91 Å². The molecule has 1 aromatic heterocycles. The summed E-state index contributed by atoms with van der Waals surface area (Å²) in [6.07, 6.45) is 14.0. The third kappa shape index (κ3) is 4.11. The number of carbonyl (C=O) groups excluding carboxylic acids is 1. The lowest BCUT2D eigenvalue weighted by Crippen LogP contribution is -2.24. The van der Waals surface area contributed by atoms with Gasteiger partial charge in [-0.15, -0.1) is 0 Å². The van der Waals surface area contributed by atoms with Crippen LogP contribution < -0.4 is 21.0 Å². The van der Waals surface area contributed by atoms with Gasteiger partial charge in [-0.25, -0.2) is 4.98 Å².